The summed E-state index contributed by atoms with van der Waals surface area (Å²) in [4.78, 5) is 27.0. The molecule has 1 N–H and O–H groups in total. The number of pyridine rings is 1. The van der Waals surface area contributed by atoms with Crippen LogP contribution in [0.25, 0.3) is 0 Å². The van der Waals surface area contributed by atoms with Gasteiger partial charge in [0.2, 0.25) is 0 Å². The van der Waals surface area contributed by atoms with Crippen molar-refractivity contribution in [2.45, 2.75) is 6.42 Å². The third-order valence-corrected chi connectivity index (χ3v) is 3.02. The predicted octanol–water partition coefficient (Wildman–Crippen LogP) is 1.85. The van der Waals surface area contributed by atoms with E-state index in [0.717, 1.165) is 11.3 Å². The van der Waals surface area contributed by atoms with Gasteiger partial charge in [-0.05, 0) is 29.8 Å². The highest BCUT2D eigenvalue weighted by molar-refractivity contribution is 5.93. The van der Waals surface area contributed by atoms with Crippen LogP contribution in [0.1, 0.15) is 32.1 Å². The zero-order chi connectivity index (χ0) is 15.2. The minimum Gasteiger partial charge on any atom is -0.497 e. The average Bonchev–Trinajstić information content (AvgIpc) is 2.53. The molecular weight excluding hydrogens is 268 g/mol. The zero-order valence-corrected chi connectivity index (χ0v) is 11.9. The summed E-state index contributed by atoms with van der Waals surface area (Å²) < 4.78 is 5.18. The Balaban J connectivity index is 2.34. The van der Waals surface area contributed by atoms with Crippen LogP contribution < -0.4 is 10.1 Å². The van der Waals surface area contributed by atoms with Gasteiger partial charge in [-0.1, -0.05) is 12.1 Å². The number of hydrogen-bond donors (Lipinski definition) is 1. The summed E-state index contributed by atoms with van der Waals surface area (Å²) in [5.41, 5.74) is 2.32. The highest BCUT2D eigenvalue weighted by Crippen LogP contribution is 2.16. The number of aromatic nitrogens is 1. The van der Waals surface area contributed by atoms with Crippen molar-refractivity contribution in [1.82, 2.24) is 10.3 Å². The van der Waals surface area contributed by atoms with Gasteiger partial charge in [0.05, 0.1) is 7.11 Å². The fourth-order valence-electron chi connectivity index (χ4n) is 2.01. The minimum absolute atomic E-state index is 0.236. The fourth-order valence-corrected chi connectivity index (χ4v) is 2.01. The van der Waals surface area contributed by atoms with Crippen molar-refractivity contribution in [3.8, 4) is 5.75 Å². The van der Waals surface area contributed by atoms with Gasteiger partial charge in [-0.3, -0.25) is 9.59 Å². The van der Waals surface area contributed by atoms with Crippen LogP contribution in [-0.2, 0) is 6.42 Å². The molecule has 5 nitrogen and oxygen atoms in total. The lowest BCUT2D eigenvalue weighted by Crippen LogP contribution is -2.20. The van der Waals surface area contributed by atoms with Crippen molar-refractivity contribution in [2.24, 2.45) is 0 Å². The van der Waals surface area contributed by atoms with E-state index in [1.807, 2.05) is 24.3 Å². The van der Waals surface area contributed by atoms with Gasteiger partial charge in [0.15, 0.2) is 0 Å². The van der Waals surface area contributed by atoms with Crippen LogP contribution >= 0.6 is 0 Å². The van der Waals surface area contributed by atoms with Gasteiger partial charge in [0.1, 0.15) is 17.7 Å². The Morgan fingerprint density at radius 3 is 2.81 bits per heavy atom. The largest absolute Gasteiger partial charge is 0.497 e. The van der Waals surface area contributed by atoms with Crippen LogP contribution in [0.15, 0.2) is 36.4 Å². The standard InChI is InChI=1S/C16H16N2O3/c1-17-16(20)15-9-12(10-19)7-13(18-15)6-11-4-3-5-14(8-11)21-2/h3-5,7-10H,6H2,1-2H3,(H,17,20). The van der Waals surface area contributed by atoms with Gasteiger partial charge < -0.3 is 10.1 Å². The molecule has 0 aliphatic heterocycles. The Kier molecular flexibility index (Phi) is 4.66. The van der Waals surface area contributed by atoms with Gasteiger partial charge >= 0.3 is 0 Å². The Bertz CT molecular complexity index is 668. The monoisotopic (exact) mass is 284 g/mol. The van der Waals surface area contributed by atoms with Crippen LogP contribution in [0.4, 0.5) is 0 Å². The molecule has 2 rings (SSSR count). The summed E-state index contributed by atoms with van der Waals surface area (Å²) in [6.45, 7) is 0. The van der Waals surface area contributed by atoms with Crippen molar-refractivity contribution in [3.63, 3.8) is 0 Å². The number of methoxy groups -OCH3 is 1. The maximum Gasteiger partial charge on any atom is 0.269 e. The SMILES string of the molecule is CNC(=O)c1cc(C=O)cc(Cc2cccc(OC)c2)n1. The van der Waals surface area contributed by atoms with Gasteiger partial charge in [-0.15, -0.1) is 0 Å². The molecule has 0 bridgehead atoms. The molecule has 0 saturated heterocycles. The van der Waals surface area contributed by atoms with Crippen LogP contribution in [0, 0.1) is 0 Å². The quantitative estimate of drug-likeness (QED) is 0.851. The maximum atomic E-state index is 11.7. The average molecular weight is 284 g/mol. The van der Waals surface area contributed by atoms with Crippen molar-refractivity contribution < 1.29 is 14.3 Å². The van der Waals surface area contributed by atoms with E-state index in [4.69, 9.17) is 4.74 Å². The molecule has 1 aromatic heterocycles. The van der Waals surface area contributed by atoms with E-state index in [-0.39, 0.29) is 11.6 Å². The van der Waals surface area contributed by atoms with Crippen molar-refractivity contribution in [2.75, 3.05) is 14.2 Å². The lowest BCUT2D eigenvalue weighted by molar-refractivity contribution is 0.0958. The van der Waals surface area contributed by atoms with Crippen LogP contribution in [0.5, 0.6) is 5.75 Å². The number of nitrogens with zero attached hydrogens (tertiary/aromatic N) is 1. The lowest BCUT2D eigenvalue weighted by atomic mass is 10.1. The van der Waals surface area contributed by atoms with E-state index >= 15 is 0 Å². The zero-order valence-electron chi connectivity index (χ0n) is 11.9. The van der Waals surface area contributed by atoms with Crippen LogP contribution in [0.2, 0.25) is 0 Å². The molecule has 0 fully saturated rings. The smallest absolute Gasteiger partial charge is 0.269 e. The Hall–Kier alpha value is -2.69. The molecule has 108 valence electrons. The first-order valence-electron chi connectivity index (χ1n) is 6.47. The van der Waals surface area contributed by atoms with Crippen LogP contribution in [-0.4, -0.2) is 31.3 Å². The molecule has 0 aliphatic carbocycles. The molecule has 0 atom stereocenters. The Labute approximate surface area is 123 Å². The van der Waals surface area contributed by atoms with Crippen LogP contribution in [0.3, 0.4) is 0 Å². The normalized spacial score (nSPS) is 10.0. The number of nitrogens with one attached hydrogen (secondary N) is 1. The molecular formula is C16H16N2O3. The molecule has 0 radical (unpaired) electrons. The van der Waals surface area contributed by atoms with E-state index < -0.39 is 0 Å². The number of hydrogen-bond acceptors (Lipinski definition) is 4. The topological polar surface area (TPSA) is 68.3 Å². The second-order valence-electron chi connectivity index (χ2n) is 4.50. The Morgan fingerprint density at radius 1 is 1.33 bits per heavy atom. The number of amides is 1. The number of ether oxygens (including phenoxy) is 1. The molecule has 5 heteroatoms. The second-order valence-corrected chi connectivity index (χ2v) is 4.50. The summed E-state index contributed by atoms with van der Waals surface area (Å²) >= 11 is 0. The summed E-state index contributed by atoms with van der Waals surface area (Å²) in [5.74, 6) is 0.441. The molecule has 0 saturated carbocycles. The molecule has 1 amide bonds. The first-order valence-corrected chi connectivity index (χ1v) is 6.47. The number of carbonyl (C=O) groups is 2. The number of aldehydes is 1. The molecule has 21 heavy (non-hydrogen) atoms. The minimum atomic E-state index is -0.314. The highest BCUT2D eigenvalue weighted by atomic mass is 16.5. The predicted molar refractivity (Wildman–Crippen MR) is 78.8 cm³/mol. The van der Waals surface area contributed by atoms with Gasteiger partial charge in [0.25, 0.3) is 5.91 Å². The highest BCUT2D eigenvalue weighted by Gasteiger charge is 2.09. The lowest BCUT2D eigenvalue weighted by Gasteiger charge is -2.07. The first-order chi connectivity index (χ1) is 10.2. The second kappa shape index (κ2) is 6.65. The number of carbonyl (C=O) groups excluding carboxylic acids is 2. The molecule has 0 aliphatic rings. The van der Waals surface area contributed by atoms with Gasteiger partial charge in [-0.2, -0.15) is 0 Å². The molecule has 2 aromatic rings. The summed E-state index contributed by atoms with van der Waals surface area (Å²) in [7, 11) is 3.13. The molecule has 0 unspecified atom stereocenters. The summed E-state index contributed by atoms with van der Waals surface area (Å²) in [5, 5.41) is 2.50. The fraction of sp³-hybridized carbons (Fsp3) is 0.188. The number of benzene rings is 1. The van der Waals surface area contributed by atoms with E-state index in [0.29, 0.717) is 24.0 Å². The molecule has 1 heterocycles. The van der Waals surface area contributed by atoms with Gasteiger partial charge in [0, 0.05) is 24.7 Å². The molecule has 0 spiro atoms. The maximum absolute atomic E-state index is 11.7. The van der Waals surface area contributed by atoms with Crippen molar-refractivity contribution in [3.05, 3.63) is 58.9 Å². The Morgan fingerprint density at radius 2 is 2.14 bits per heavy atom. The van der Waals surface area contributed by atoms with Gasteiger partial charge in [-0.25, -0.2) is 4.98 Å². The third-order valence-electron chi connectivity index (χ3n) is 3.02. The van der Waals surface area contributed by atoms with E-state index in [2.05, 4.69) is 10.3 Å². The summed E-state index contributed by atoms with van der Waals surface area (Å²) in [6.07, 6.45) is 1.23. The summed E-state index contributed by atoms with van der Waals surface area (Å²) in [6, 6.07) is 10.7. The van der Waals surface area contributed by atoms with E-state index in [9.17, 15) is 9.59 Å². The van der Waals surface area contributed by atoms with E-state index in [1.54, 1.807) is 13.2 Å². The number of rotatable bonds is 5. The third kappa shape index (κ3) is 3.66. The van der Waals surface area contributed by atoms with E-state index in [1.165, 1.54) is 13.1 Å². The first kappa shape index (κ1) is 14.7. The van der Waals surface area contributed by atoms with Crippen molar-refractivity contribution >= 4 is 12.2 Å². The molecule has 1 aromatic carbocycles. The van der Waals surface area contributed by atoms with Crippen molar-refractivity contribution in [1.29, 1.82) is 0 Å².